The van der Waals surface area contributed by atoms with Gasteiger partial charge in [-0.05, 0) is 17.7 Å². The number of carbonyl (C=O) groups is 1. The molecule has 2 aromatic carbocycles. The van der Waals surface area contributed by atoms with E-state index in [4.69, 9.17) is 4.74 Å². The van der Waals surface area contributed by atoms with Crippen LogP contribution in [0.5, 0.6) is 5.75 Å². The van der Waals surface area contributed by atoms with E-state index in [0.717, 1.165) is 29.1 Å². The number of carbonyl (C=O) groups excluding carboxylic acids is 1. The van der Waals surface area contributed by atoms with Gasteiger partial charge in [-0.1, -0.05) is 42.5 Å². The van der Waals surface area contributed by atoms with Crippen molar-refractivity contribution in [2.45, 2.75) is 6.42 Å². The first-order valence-electron chi connectivity index (χ1n) is 7.96. The molecule has 0 bridgehead atoms. The minimum atomic E-state index is -0.0191. The van der Waals surface area contributed by atoms with E-state index in [0.29, 0.717) is 6.54 Å². The maximum atomic E-state index is 12.5. The Labute approximate surface area is 142 Å². The van der Waals surface area contributed by atoms with Crippen LogP contribution in [0.1, 0.15) is 12.0 Å². The van der Waals surface area contributed by atoms with E-state index in [9.17, 15) is 4.79 Å². The fourth-order valence-corrected chi connectivity index (χ4v) is 2.79. The zero-order valence-electron chi connectivity index (χ0n) is 14.0. The number of ether oxygens (including phenoxy) is 1. The normalized spacial score (nSPS) is 13.6. The van der Waals surface area contributed by atoms with Gasteiger partial charge in [-0.15, -0.1) is 0 Å². The summed E-state index contributed by atoms with van der Waals surface area (Å²) < 4.78 is 5.35. The molecular formula is C19H21N3O2. The second-order valence-corrected chi connectivity index (χ2v) is 5.71. The van der Waals surface area contributed by atoms with Gasteiger partial charge in [0.15, 0.2) is 0 Å². The lowest BCUT2D eigenvalue weighted by atomic mass is 10.1. The number of methoxy groups -OCH3 is 1. The molecular weight excluding hydrogens is 302 g/mol. The molecule has 0 atom stereocenters. The zero-order chi connectivity index (χ0) is 16.9. The highest BCUT2D eigenvalue weighted by atomic mass is 16.5. The summed E-state index contributed by atoms with van der Waals surface area (Å²) in [6, 6.07) is 17.7. The fourth-order valence-electron chi connectivity index (χ4n) is 2.79. The lowest BCUT2D eigenvalue weighted by molar-refractivity contribution is -0.129. The van der Waals surface area contributed by atoms with Crippen LogP contribution < -0.4 is 9.64 Å². The second-order valence-electron chi connectivity index (χ2n) is 5.71. The van der Waals surface area contributed by atoms with E-state index >= 15 is 0 Å². The molecule has 1 aliphatic heterocycles. The van der Waals surface area contributed by atoms with Crippen molar-refractivity contribution in [3.8, 4) is 5.75 Å². The van der Waals surface area contributed by atoms with Gasteiger partial charge in [-0.2, -0.15) is 5.10 Å². The Morgan fingerprint density at radius 2 is 1.88 bits per heavy atom. The molecule has 5 heteroatoms. The molecule has 1 heterocycles. The van der Waals surface area contributed by atoms with Crippen molar-refractivity contribution in [2.24, 2.45) is 5.10 Å². The largest absolute Gasteiger partial charge is 0.495 e. The van der Waals surface area contributed by atoms with E-state index < -0.39 is 0 Å². The highest BCUT2D eigenvalue weighted by molar-refractivity contribution is 6.02. The molecule has 1 aliphatic rings. The molecule has 0 aromatic heterocycles. The molecule has 0 N–H and O–H groups in total. The van der Waals surface area contributed by atoms with Gasteiger partial charge >= 0.3 is 0 Å². The van der Waals surface area contributed by atoms with Crippen LogP contribution in [-0.4, -0.2) is 43.9 Å². The number of hydrogen-bond donors (Lipinski definition) is 0. The van der Waals surface area contributed by atoms with Gasteiger partial charge in [-0.3, -0.25) is 4.79 Å². The summed E-state index contributed by atoms with van der Waals surface area (Å²) in [4.78, 5) is 14.4. The minimum absolute atomic E-state index is 0.0191. The second kappa shape index (κ2) is 7.17. The van der Waals surface area contributed by atoms with E-state index in [2.05, 4.69) is 5.10 Å². The number of hydrazone groups is 1. The quantitative estimate of drug-likeness (QED) is 0.850. The standard InChI is InChI=1S/C19H21N3O2/c1-21(17-10-6-7-11-18(17)24-2)14-19(23)22-13-12-16(20-22)15-8-4-3-5-9-15/h3-11H,12-14H2,1-2H3. The zero-order valence-corrected chi connectivity index (χ0v) is 14.0. The van der Waals surface area contributed by atoms with Gasteiger partial charge in [0.2, 0.25) is 0 Å². The van der Waals surface area contributed by atoms with Gasteiger partial charge in [-0.25, -0.2) is 5.01 Å². The number of nitrogens with zero attached hydrogens (tertiary/aromatic N) is 3. The molecule has 0 unspecified atom stereocenters. The molecule has 1 amide bonds. The number of amides is 1. The molecule has 3 rings (SSSR count). The van der Waals surface area contributed by atoms with Gasteiger partial charge < -0.3 is 9.64 Å². The Morgan fingerprint density at radius 3 is 2.62 bits per heavy atom. The monoisotopic (exact) mass is 323 g/mol. The molecule has 124 valence electrons. The highest BCUT2D eigenvalue weighted by Gasteiger charge is 2.23. The number of hydrogen-bond acceptors (Lipinski definition) is 4. The van der Waals surface area contributed by atoms with Crippen LogP contribution in [0.3, 0.4) is 0 Å². The first-order chi connectivity index (χ1) is 11.7. The Bertz CT molecular complexity index is 743. The third-order valence-electron chi connectivity index (χ3n) is 4.07. The Morgan fingerprint density at radius 1 is 1.17 bits per heavy atom. The van der Waals surface area contributed by atoms with Crippen molar-refractivity contribution in [2.75, 3.05) is 32.1 Å². The van der Waals surface area contributed by atoms with Gasteiger partial charge in [0, 0.05) is 13.5 Å². The van der Waals surface area contributed by atoms with Crippen LogP contribution in [0.4, 0.5) is 5.69 Å². The van der Waals surface area contributed by atoms with Crippen LogP contribution in [0.25, 0.3) is 0 Å². The summed E-state index contributed by atoms with van der Waals surface area (Å²) in [5.74, 6) is 0.733. The molecule has 0 saturated carbocycles. The molecule has 0 spiro atoms. The predicted octanol–water partition coefficient (Wildman–Crippen LogP) is 2.77. The lowest BCUT2D eigenvalue weighted by Gasteiger charge is -2.22. The average molecular weight is 323 g/mol. The summed E-state index contributed by atoms with van der Waals surface area (Å²) in [6.45, 7) is 0.884. The van der Waals surface area contributed by atoms with Gasteiger partial charge in [0.05, 0.1) is 31.6 Å². The third-order valence-corrected chi connectivity index (χ3v) is 4.07. The molecule has 5 nitrogen and oxygen atoms in total. The van der Waals surface area contributed by atoms with Crippen LogP contribution in [0.15, 0.2) is 59.7 Å². The smallest absolute Gasteiger partial charge is 0.262 e. The van der Waals surface area contributed by atoms with Crippen molar-refractivity contribution in [1.82, 2.24) is 5.01 Å². The van der Waals surface area contributed by atoms with E-state index in [1.807, 2.05) is 66.5 Å². The number of rotatable bonds is 5. The summed E-state index contributed by atoms with van der Waals surface area (Å²) in [5, 5.41) is 6.05. The van der Waals surface area contributed by atoms with Crippen molar-refractivity contribution < 1.29 is 9.53 Å². The van der Waals surface area contributed by atoms with Crippen LogP contribution in [-0.2, 0) is 4.79 Å². The number of anilines is 1. The molecule has 24 heavy (non-hydrogen) atoms. The fraction of sp³-hybridized carbons (Fsp3) is 0.263. The SMILES string of the molecule is COc1ccccc1N(C)CC(=O)N1CCC(c2ccccc2)=N1. The van der Waals surface area contributed by atoms with Gasteiger partial charge in [0.1, 0.15) is 5.75 Å². The van der Waals surface area contributed by atoms with Crippen LogP contribution >= 0.6 is 0 Å². The highest BCUT2D eigenvalue weighted by Crippen LogP contribution is 2.26. The van der Waals surface area contributed by atoms with Crippen molar-refractivity contribution >= 4 is 17.3 Å². The Hall–Kier alpha value is -2.82. The van der Waals surface area contributed by atoms with Crippen molar-refractivity contribution in [3.05, 3.63) is 60.2 Å². The van der Waals surface area contributed by atoms with E-state index in [-0.39, 0.29) is 12.5 Å². The first kappa shape index (κ1) is 16.1. The first-order valence-corrected chi connectivity index (χ1v) is 7.96. The Kier molecular flexibility index (Phi) is 4.79. The molecule has 0 aliphatic carbocycles. The van der Waals surface area contributed by atoms with Crippen molar-refractivity contribution in [1.29, 1.82) is 0 Å². The maximum absolute atomic E-state index is 12.5. The topological polar surface area (TPSA) is 45.1 Å². The Balaban J connectivity index is 1.68. The molecule has 2 aromatic rings. The summed E-state index contributed by atoms with van der Waals surface area (Å²) >= 11 is 0. The van der Waals surface area contributed by atoms with E-state index in [1.54, 1.807) is 12.1 Å². The van der Waals surface area contributed by atoms with Crippen LogP contribution in [0, 0.1) is 0 Å². The minimum Gasteiger partial charge on any atom is -0.495 e. The number of para-hydroxylation sites is 2. The van der Waals surface area contributed by atoms with Crippen LogP contribution in [0.2, 0.25) is 0 Å². The predicted molar refractivity (Wildman–Crippen MR) is 95.6 cm³/mol. The lowest BCUT2D eigenvalue weighted by Crippen LogP contribution is -2.35. The third kappa shape index (κ3) is 3.40. The van der Waals surface area contributed by atoms with Gasteiger partial charge in [0.25, 0.3) is 5.91 Å². The number of benzene rings is 2. The maximum Gasteiger partial charge on any atom is 0.262 e. The molecule has 0 fully saturated rings. The van der Waals surface area contributed by atoms with E-state index in [1.165, 1.54) is 0 Å². The summed E-state index contributed by atoms with van der Waals surface area (Å²) in [6.07, 6.45) is 0.786. The number of likely N-dealkylation sites (N-methyl/N-ethyl adjacent to an activating group) is 1. The molecule has 0 saturated heterocycles. The average Bonchev–Trinajstić information content (AvgIpc) is 3.12. The summed E-state index contributed by atoms with van der Waals surface area (Å²) in [7, 11) is 3.51. The molecule has 0 radical (unpaired) electrons. The summed E-state index contributed by atoms with van der Waals surface area (Å²) in [5.41, 5.74) is 2.93. The van der Waals surface area contributed by atoms with Crippen molar-refractivity contribution in [3.63, 3.8) is 0 Å².